The van der Waals surface area contributed by atoms with Gasteiger partial charge in [-0.1, -0.05) is 40.5 Å². The fourth-order valence-corrected chi connectivity index (χ4v) is 3.72. The monoisotopic (exact) mass is 277 g/mol. The molecule has 0 aliphatic heterocycles. The predicted molar refractivity (Wildman–Crippen MR) is 84.6 cm³/mol. The number of rotatable bonds is 5. The fraction of sp³-hybridized carbons (Fsp3) is 0.824. The van der Waals surface area contributed by atoms with Crippen molar-refractivity contribution in [3.63, 3.8) is 0 Å². The summed E-state index contributed by atoms with van der Waals surface area (Å²) >= 11 is 0. The van der Waals surface area contributed by atoms with Crippen molar-refractivity contribution in [3.8, 4) is 0 Å². The molecule has 0 radical (unpaired) electrons. The van der Waals surface area contributed by atoms with Gasteiger partial charge in [0.1, 0.15) is 0 Å². The van der Waals surface area contributed by atoms with Crippen LogP contribution in [0.5, 0.6) is 0 Å². The number of nitrogens with zero attached hydrogens (tertiary/aromatic N) is 2. The second kappa shape index (κ2) is 6.30. The van der Waals surface area contributed by atoms with Gasteiger partial charge < -0.3 is 5.73 Å². The lowest BCUT2D eigenvalue weighted by molar-refractivity contribution is 0.142. The zero-order chi connectivity index (χ0) is 14.8. The largest absolute Gasteiger partial charge is 0.324 e. The van der Waals surface area contributed by atoms with E-state index in [4.69, 9.17) is 10.8 Å². The van der Waals surface area contributed by atoms with Crippen LogP contribution in [0.2, 0.25) is 0 Å². The standard InChI is InChI=1S/C17H31N3/c1-5-16(6-2)20-11-9-15(19-20)12-17(18)10-7-8-13(3)14(17)4/h9,11,13-14,16H,5-8,10,12,18H2,1-4H3. The molecular weight excluding hydrogens is 246 g/mol. The van der Waals surface area contributed by atoms with Crippen LogP contribution in [0.15, 0.2) is 12.3 Å². The van der Waals surface area contributed by atoms with E-state index < -0.39 is 0 Å². The Kier molecular flexibility index (Phi) is 4.90. The molecule has 2 N–H and O–H groups in total. The Balaban J connectivity index is 2.09. The summed E-state index contributed by atoms with van der Waals surface area (Å²) in [6.45, 7) is 9.12. The van der Waals surface area contributed by atoms with Crippen molar-refractivity contribution >= 4 is 0 Å². The first-order chi connectivity index (χ1) is 9.50. The summed E-state index contributed by atoms with van der Waals surface area (Å²) in [5.41, 5.74) is 7.83. The molecule has 0 bridgehead atoms. The van der Waals surface area contributed by atoms with Gasteiger partial charge in [0, 0.05) is 18.2 Å². The first kappa shape index (κ1) is 15.6. The molecule has 0 aromatic carbocycles. The third-order valence-electron chi connectivity index (χ3n) is 5.55. The average Bonchev–Trinajstić information content (AvgIpc) is 2.86. The summed E-state index contributed by atoms with van der Waals surface area (Å²) < 4.78 is 2.13. The summed E-state index contributed by atoms with van der Waals surface area (Å²) in [6, 6.07) is 2.69. The molecule has 0 saturated heterocycles. The molecular formula is C17H31N3. The third kappa shape index (κ3) is 3.08. The zero-order valence-electron chi connectivity index (χ0n) is 13.6. The molecule has 1 fully saturated rings. The Hall–Kier alpha value is -0.830. The first-order valence-corrected chi connectivity index (χ1v) is 8.33. The summed E-state index contributed by atoms with van der Waals surface area (Å²) in [4.78, 5) is 0. The minimum atomic E-state index is -0.0647. The number of aromatic nitrogens is 2. The molecule has 1 aliphatic rings. The highest BCUT2D eigenvalue weighted by atomic mass is 15.3. The second-order valence-electron chi connectivity index (χ2n) is 6.83. The van der Waals surface area contributed by atoms with Crippen molar-refractivity contribution in [1.82, 2.24) is 9.78 Å². The van der Waals surface area contributed by atoms with Crippen molar-refractivity contribution in [2.24, 2.45) is 17.6 Å². The highest BCUT2D eigenvalue weighted by molar-refractivity contribution is 5.09. The minimum Gasteiger partial charge on any atom is -0.324 e. The molecule has 3 heteroatoms. The SMILES string of the molecule is CCC(CC)n1ccc(CC2(N)CCCC(C)C2C)n1. The fourth-order valence-electron chi connectivity index (χ4n) is 3.72. The maximum absolute atomic E-state index is 6.73. The van der Waals surface area contributed by atoms with Crippen LogP contribution < -0.4 is 5.73 Å². The maximum atomic E-state index is 6.73. The molecule has 1 aromatic rings. The molecule has 1 aromatic heterocycles. The van der Waals surface area contributed by atoms with E-state index >= 15 is 0 Å². The average molecular weight is 277 g/mol. The Morgan fingerprint density at radius 1 is 1.40 bits per heavy atom. The summed E-state index contributed by atoms with van der Waals surface area (Å²) in [6.07, 6.45) is 9.05. The van der Waals surface area contributed by atoms with Gasteiger partial charge in [0.05, 0.1) is 11.7 Å². The van der Waals surface area contributed by atoms with Crippen LogP contribution in [0, 0.1) is 11.8 Å². The van der Waals surface area contributed by atoms with Gasteiger partial charge in [0.15, 0.2) is 0 Å². The lowest BCUT2D eigenvalue weighted by Crippen LogP contribution is -2.52. The Morgan fingerprint density at radius 2 is 2.10 bits per heavy atom. The van der Waals surface area contributed by atoms with E-state index in [1.54, 1.807) is 0 Å². The normalized spacial score (nSPS) is 30.9. The molecule has 20 heavy (non-hydrogen) atoms. The lowest BCUT2D eigenvalue weighted by Gasteiger charge is -2.43. The summed E-state index contributed by atoms with van der Waals surface area (Å²) in [5.74, 6) is 1.31. The topological polar surface area (TPSA) is 43.8 Å². The molecule has 0 amide bonds. The van der Waals surface area contributed by atoms with Crippen LogP contribution in [-0.2, 0) is 6.42 Å². The van der Waals surface area contributed by atoms with E-state index in [1.165, 1.54) is 18.5 Å². The molecule has 0 spiro atoms. The minimum absolute atomic E-state index is 0.0647. The van der Waals surface area contributed by atoms with Gasteiger partial charge in [-0.25, -0.2) is 0 Å². The molecule has 3 unspecified atom stereocenters. The van der Waals surface area contributed by atoms with Gasteiger partial charge in [0.25, 0.3) is 0 Å². The molecule has 3 nitrogen and oxygen atoms in total. The van der Waals surface area contributed by atoms with Crippen molar-refractivity contribution in [3.05, 3.63) is 18.0 Å². The van der Waals surface area contributed by atoms with Gasteiger partial charge >= 0.3 is 0 Å². The number of hydrogen-bond donors (Lipinski definition) is 1. The van der Waals surface area contributed by atoms with Gasteiger partial charge in [-0.2, -0.15) is 5.10 Å². The molecule has 3 atom stereocenters. The van der Waals surface area contributed by atoms with Crippen LogP contribution in [-0.4, -0.2) is 15.3 Å². The third-order valence-corrected chi connectivity index (χ3v) is 5.55. The summed E-state index contributed by atoms with van der Waals surface area (Å²) in [7, 11) is 0. The van der Waals surface area contributed by atoms with E-state index in [2.05, 4.69) is 44.6 Å². The highest BCUT2D eigenvalue weighted by Gasteiger charge is 2.38. The van der Waals surface area contributed by atoms with Crippen LogP contribution >= 0.6 is 0 Å². The Morgan fingerprint density at radius 3 is 2.75 bits per heavy atom. The summed E-state index contributed by atoms with van der Waals surface area (Å²) in [5, 5.41) is 4.79. The Labute approximate surface area is 123 Å². The molecule has 1 saturated carbocycles. The Bertz CT molecular complexity index is 422. The smallest absolute Gasteiger partial charge is 0.0643 e. The maximum Gasteiger partial charge on any atom is 0.0643 e. The number of hydrogen-bond acceptors (Lipinski definition) is 2. The number of nitrogens with two attached hydrogens (primary N) is 1. The lowest BCUT2D eigenvalue weighted by atomic mass is 9.67. The van der Waals surface area contributed by atoms with E-state index in [-0.39, 0.29) is 5.54 Å². The van der Waals surface area contributed by atoms with Gasteiger partial charge in [-0.15, -0.1) is 0 Å². The van der Waals surface area contributed by atoms with Crippen LogP contribution in [0.4, 0.5) is 0 Å². The van der Waals surface area contributed by atoms with E-state index in [1.807, 2.05) is 0 Å². The molecule has 2 rings (SSSR count). The van der Waals surface area contributed by atoms with Crippen LogP contribution in [0.1, 0.15) is 71.5 Å². The van der Waals surface area contributed by atoms with Gasteiger partial charge in [-0.05, 0) is 37.2 Å². The van der Waals surface area contributed by atoms with Crippen molar-refractivity contribution < 1.29 is 0 Å². The van der Waals surface area contributed by atoms with Crippen molar-refractivity contribution in [2.45, 2.75) is 77.8 Å². The quantitative estimate of drug-likeness (QED) is 0.886. The van der Waals surface area contributed by atoms with Gasteiger partial charge in [-0.3, -0.25) is 4.68 Å². The van der Waals surface area contributed by atoms with E-state index in [0.29, 0.717) is 12.0 Å². The molecule has 114 valence electrons. The van der Waals surface area contributed by atoms with Crippen LogP contribution in [0.3, 0.4) is 0 Å². The molecule has 1 aliphatic carbocycles. The van der Waals surface area contributed by atoms with Crippen molar-refractivity contribution in [1.29, 1.82) is 0 Å². The van der Waals surface area contributed by atoms with Crippen LogP contribution in [0.25, 0.3) is 0 Å². The van der Waals surface area contributed by atoms with E-state index in [9.17, 15) is 0 Å². The zero-order valence-corrected chi connectivity index (χ0v) is 13.6. The highest BCUT2D eigenvalue weighted by Crippen LogP contribution is 2.37. The van der Waals surface area contributed by atoms with Crippen molar-refractivity contribution in [2.75, 3.05) is 0 Å². The first-order valence-electron chi connectivity index (χ1n) is 8.33. The second-order valence-corrected chi connectivity index (χ2v) is 6.83. The van der Waals surface area contributed by atoms with Gasteiger partial charge in [0.2, 0.25) is 0 Å². The predicted octanol–water partition coefficient (Wildman–Crippen LogP) is 3.94. The van der Waals surface area contributed by atoms with E-state index in [0.717, 1.165) is 31.6 Å². The molecule has 1 heterocycles.